The van der Waals surface area contributed by atoms with Crippen molar-refractivity contribution in [3.05, 3.63) is 24.4 Å². The molecule has 1 heterocycles. The van der Waals surface area contributed by atoms with E-state index >= 15 is 0 Å². The van der Waals surface area contributed by atoms with Crippen molar-refractivity contribution in [2.45, 2.75) is 15.9 Å². The fraction of sp³-hybridized carbons (Fsp3) is 0.286. The van der Waals surface area contributed by atoms with Crippen LogP contribution in [-0.2, 0) is 0 Å². The average Bonchev–Trinajstić information content (AvgIpc) is 2.14. The Labute approximate surface area is 91.8 Å². The number of hydrogen-bond donors (Lipinski definition) is 0. The fourth-order valence-electron chi connectivity index (χ4n) is 0.542. The highest BCUT2D eigenvalue weighted by Gasteiger charge is 2.39. The molecule has 1 aromatic heterocycles. The SMILES string of the molecule is FC(F)(F)C(Cl)SSc1ccccn1. The highest BCUT2D eigenvalue weighted by molar-refractivity contribution is 8.77. The Morgan fingerprint density at radius 2 is 2.07 bits per heavy atom. The number of alkyl halides is 4. The lowest BCUT2D eigenvalue weighted by atomic mass is 10.5. The molecule has 0 bridgehead atoms. The summed E-state index contributed by atoms with van der Waals surface area (Å²) in [5.74, 6) is 0. The third-order valence-corrected chi connectivity index (χ3v) is 4.27. The largest absolute Gasteiger partial charge is 0.414 e. The van der Waals surface area contributed by atoms with Crippen molar-refractivity contribution in [1.82, 2.24) is 4.98 Å². The van der Waals surface area contributed by atoms with Crippen LogP contribution >= 0.6 is 33.2 Å². The van der Waals surface area contributed by atoms with Gasteiger partial charge in [-0.3, -0.25) is 0 Å². The molecule has 0 saturated carbocycles. The highest BCUT2D eigenvalue weighted by atomic mass is 35.5. The molecule has 0 aliphatic rings. The Bertz CT molecular complexity index is 280. The monoisotopic (exact) mass is 259 g/mol. The van der Waals surface area contributed by atoms with Gasteiger partial charge in [0.2, 0.25) is 0 Å². The summed E-state index contributed by atoms with van der Waals surface area (Å²) in [4.78, 5) is 3.85. The molecule has 1 aromatic rings. The summed E-state index contributed by atoms with van der Waals surface area (Å²) in [5.41, 5.74) is 0. The topological polar surface area (TPSA) is 12.9 Å². The van der Waals surface area contributed by atoms with Crippen LogP contribution in [0.15, 0.2) is 29.4 Å². The van der Waals surface area contributed by atoms with E-state index in [1.54, 1.807) is 18.2 Å². The van der Waals surface area contributed by atoms with Crippen molar-refractivity contribution >= 4 is 33.2 Å². The molecular weight excluding hydrogens is 255 g/mol. The van der Waals surface area contributed by atoms with Crippen molar-refractivity contribution in [2.75, 3.05) is 0 Å². The first-order chi connectivity index (χ1) is 6.50. The fourth-order valence-corrected chi connectivity index (χ4v) is 2.57. The van der Waals surface area contributed by atoms with Gasteiger partial charge in [0.1, 0.15) is 5.03 Å². The van der Waals surface area contributed by atoms with Crippen LogP contribution in [0.5, 0.6) is 0 Å². The molecule has 78 valence electrons. The number of hydrogen-bond acceptors (Lipinski definition) is 3. The zero-order valence-electron chi connectivity index (χ0n) is 6.66. The zero-order valence-corrected chi connectivity index (χ0v) is 9.05. The summed E-state index contributed by atoms with van der Waals surface area (Å²) in [6.45, 7) is 0. The minimum absolute atomic E-state index is 0.507. The van der Waals surface area contributed by atoms with Gasteiger partial charge in [-0.15, -0.1) is 11.6 Å². The number of halogens is 4. The maximum absolute atomic E-state index is 12.0. The number of pyridine rings is 1. The van der Waals surface area contributed by atoms with Crippen molar-refractivity contribution in [3.63, 3.8) is 0 Å². The van der Waals surface area contributed by atoms with Crippen LogP contribution in [0.4, 0.5) is 13.2 Å². The first-order valence-electron chi connectivity index (χ1n) is 3.45. The molecular formula is C7H5ClF3NS2. The summed E-state index contributed by atoms with van der Waals surface area (Å²) < 4.78 is 34.0. The number of nitrogens with zero attached hydrogens (tertiary/aromatic N) is 1. The molecule has 1 unspecified atom stereocenters. The van der Waals surface area contributed by atoms with Crippen molar-refractivity contribution in [2.24, 2.45) is 0 Å². The number of aromatic nitrogens is 1. The van der Waals surface area contributed by atoms with Crippen molar-refractivity contribution in [1.29, 1.82) is 0 Å². The molecule has 0 N–H and O–H groups in total. The molecule has 0 amide bonds. The second kappa shape index (κ2) is 5.14. The van der Waals surface area contributed by atoms with E-state index in [1.165, 1.54) is 6.20 Å². The lowest BCUT2D eigenvalue weighted by Crippen LogP contribution is -2.18. The number of rotatable bonds is 3. The van der Waals surface area contributed by atoms with Gasteiger partial charge < -0.3 is 0 Å². The second-order valence-electron chi connectivity index (χ2n) is 2.21. The Morgan fingerprint density at radius 1 is 1.36 bits per heavy atom. The van der Waals surface area contributed by atoms with E-state index in [-0.39, 0.29) is 0 Å². The van der Waals surface area contributed by atoms with Gasteiger partial charge in [0.15, 0.2) is 4.71 Å². The molecule has 14 heavy (non-hydrogen) atoms. The van der Waals surface area contributed by atoms with Gasteiger partial charge >= 0.3 is 6.18 Å². The third kappa shape index (κ3) is 3.98. The van der Waals surface area contributed by atoms with E-state index < -0.39 is 10.9 Å². The minimum Gasteiger partial charge on any atom is -0.249 e. The Morgan fingerprint density at radius 3 is 2.57 bits per heavy atom. The predicted octanol–water partition coefficient (Wildman–Crippen LogP) is 3.95. The van der Waals surface area contributed by atoms with Crippen LogP contribution in [0.1, 0.15) is 0 Å². The van der Waals surface area contributed by atoms with Gasteiger partial charge in [0, 0.05) is 6.20 Å². The van der Waals surface area contributed by atoms with Crippen LogP contribution in [0.2, 0.25) is 0 Å². The van der Waals surface area contributed by atoms with Gasteiger partial charge in [-0.05, 0) is 22.9 Å². The van der Waals surface area contributed by atoms with Gasteiger partial charge in [-0.2, -0.15) is 13.2 Å². The second-order valence-corrected chi connectivity index (χ2v) is 5.23. The molecule has 1 nitrogen and oxygen atoms in total. The van der Waals surface area contributed by atoms with Crippen LogP contribution in [0.25, 0.3) is 0 Å². The Hall–Kier alpha value is -0.0700. The molecule has 1 atom stereocenters. The van der Waals surface area contributed by atoms with Gasteiger partial charge in [0.25, 0.3) is 0 Å². The third-order valence-electron chi connectivity index (χ3n) is 1.11. The first kappa shape index (κ1) is 12.0. The summed E-state index contributed by atoms with van der Waals surface area (Å²) in [7, 11) is 1.44. The summed E-state index contributed by atoms with van der Waals surface area (Å²) in [5, 5.41) is 0.507. The Kier molecular flexibility index (Phi) is 4.40. The molecule has 0 aliphatic carbocycles. The molecule has 1 rings (SSSR count). The zero-order chi connectivity index (χ0) is 10.6. The molecule has 0 fully saturated rings. The van der Waals surface area contributed by atoms with E-state index in [2.05, 4.69) is 4.98 Å². The van der Waals surface area contributed by atoms with Gasteiger partial charge in [-0.1, -0.05) is 16.9 Å². The van der Waals surface area contributed by atoms with Crippen LogP contribution in [-0.4, -0.2) is 15.9 Å². The van der Waals surface area contributed by atoms with E-state index in [9.17, 15) is 13.2 Å². The summed E-state index contributed by atoms with van der Waals surface area (Å²) >= 11 is 5.10. The molecule has 0 aliphatic heterocycles. The molecule has 0 saturated heterocycles. The lowest BCUT2D eigenvalue weighted by Gasteiger charge is -2.11. The first-order valence-corrected chi connectivity index (χ1v) is 6.10. The maximum Gasteiger partial charge on any atom is 0.414 e. The van der Waals surface area contributed by atoms with Crippen molar-refractivity contribution < 1.29 is 13.2 Å². The maximum atomic E-state index is 12.0. The molecule has 0 spiro atoms. The Balaban J connectivity index is 2.42. The predicted molar refractivity (Wildman–Crippen MR) is 53.4 cm³/mol. The highest BCUT2D eigenvalue weighted by Crippen LogP contribution is 2.42. The van der Waals surface area contributed by atoms with E-state index in [1.807, 2.05) is 0 Å². The van der Waals surface area contributed by atoms with Gasteiger partial charge in [-0.25, -0.2) is 4.98 Å². The summed E-state index contributed by atoms with van der Waals surface area (Å²) in [6.07, 6.45) is -2.87. The van der Waals surface area contributed by atoms with Crippen LogP contribution < -0.4 is 0 Å². The van der Waals surface area contributed by atoms with E-state index in [4.69, 9.17) is 11.6 Å². The molecule has 0 aromatic carbocycles. The van der Waals surface area contributed by atoms with Gasteiger partial charge in [0.05, 0.1) is 0 Å². The van der Waals surface area contributed by atoms with Crippen LogP contribution in [0.3, 0.4) is 0 Å². The van der Waals surface area contributed by atoms with Crippen LogP contribution in [0, 0.1) is 0 Å². The summed E-state index contributed by atoms with van der Waals surface area (Å²) in [6, 6.07) is 5.01. The van der Waals surface area contributed by atoms with E-state index in [0.29, 0.717) is 15.8 Å². The molecule has 7 heteroatoms. The minimum atomic E-state index is -4.38. The standard InChI is InChI=1S/C7H5ClF3NS2/c8-6(7(9,10)11)14-13-5-3-1-2-4-12-5/h1-4,6H. The normalized spacial score (nSPS) is 14.0. The van der Waals surface area contributed by atoms with E-state index in [0.717, 1.165) is 10.8 Å². The lowest BCUT2D eigenvalue weighted by molar-refractivity contribution is -0.113. The van der Waals surface area contributed by atoms with Crippen molar-refractivity contribution in [3.8, 4) is 0 Å². The quantitative estimate of drug-likeness (QED) is 0.603. The average molecular weight is 260 g/mol. The smallest absolute Gasteiger partial charge is 0.249 e. The molecule has 0 radical (unpaired) electrons.